The minimum atomic E-state index is 0.0722. The Hall–Kier alpha value is -1.06. The van der Waals surface area contributed by atoms with Crippen molar-refractivity contribution in [1.82, 2.24) is 0 Å². The predicted octanol–water partition coefficient (Wildman–Crippen LogP) is 2.43. The van der Waals surface area contributed by atoms with Crippen LogP contribution in [0.4, 0.5) is 0 Å². The Labute approximate surface area is 103 Å². The number of aryl methyl sites for hydroxylation is 1. The van der Waals surface area contributed by atoms with Crippen LogP contribution in [0.25, 0.3) is 0 Å². The molecule has 3 heteroatoms. The molecule has 2 rings (SSSR count). The number of hydrogen-bond donors (Lipinski definition) is 1. The Morgan fingerprint density at radius 3 is 3.00 bits per heavy atom. The summed E-state index contributed by atoms with van der Waals surface area (Å²) in [6.45, 7) is 4.92. The van der Waals surface area contributed by atoms with Crippen LogP contribution >= 0.6 is 0 Å². The van der Waals surface area contributed by atoms with Gasteiger partial charge in [-0.3, -0.25) is 0 Å². The maximum atomic E-state index is 6.22. The number of ether oxygens (including phenoxy) is 2. The summed E-state index contributed by atoms with van der Waals surface area (Å²) in [5.41, 5.74) is 8.58. The van der Waals surface area contributed by atoms with Gasteiger partial charge in [-0.15, -0.1) is 0 Å². The SMILES string of the molecule is COCC(C)C1C[C@@H](N)c2cc(C)ccc2O1. The normalized spacial score (nSPS) is 24.9. The highest BCUT2D eigenvalue weighted by atomic mass is 16.5. The van der Waals surface area contributed by atoms with Crippen LogP contribution in [0.1, 0.15) is 30.5 Å². The molecule has 0 saturated heterocycles. The van der Waals surface area contributed by atoms with Gasteiger partial charge in [0.15, 0.2) is 0 Å². The maximum absolute atomic E-state index is 6.22. The molecule has 1 aromatic rings. The third-order valence-electron chi connectivity index (χ3n) is 3.39. The fourth-order valence-corrected chi connectivity index (χ4v) is 2.37. The summed E-state index contributed by atoms with van der Waals surface area (Å²) in [7, 11) is 1.72. The van der Waals surface area contributed by atoms with E-state index in [0.717, 1.165) is 17.7 Å². The van der Waals surface area contributed by atoms with Crippen molar-refractivity contribution in [2.75, 3.05) is 13.7 Å². The van der Waals surface area contributed by atoms with Crippen molar-refractivity contribution in [2.24, 2.45) is 11.7 Å². The second-order valence-electron chi connectivity index (χ2n) is 4.97. The smallest absolute Gasteiger partial charge is 0.124 e. The number of rotatable bonds is 3. The summed E-state index contributed by atoms with van der Waals surface area (Å²) in [5, 5.41) is 0. The van der Waals surface area contributed by atoms with Gasteiger partial charge in [-0.2, -0.15) is 0 Å². The average Bonchev–Trinajstić information content (AvgIpc) is 2.30. The molecule has 0 aliphatic carbocycles. The van der Waals surface area contributed by atoms with Crippen LogP contribution in [-0.4, -0.2) is 19.8 Å². The van der Waals surface area contributed by atoms with Crippen molar-refractivity contribution in [1.29, 1.82) is 0 Å². The van der Waals surface area contributed by atoms with E-state index in [4.69, 9.17) is 15.2 Å². The number of methoxy groups -OCH3 is 1. The van der Waals surface area contributed by atoms with E-state index in [1.165, 1.54) is 5.56 Å². The molecule has 2 N–H and O–H groups in total. The first-order valence-corrected chi connectivity index (χ1v) is 6.13. The van der Waals surface area contributed by atoms with Gasteiger partial charge in [-0.1, -0.05) is 24.6 Å². The Morgan fingerprint density at radius 1 is 1.53 bits per heavy atom. The molecule has 0 radical (unpaired) electrons. The van der Waals surface area contributed by atoms with Gasteiger partial charge in [-0.05, 0) is 13.0 Å². The molecule has 0 amide bonds. The highest BCUT2D eigenvalue weighted by Crippen LogP contribution is 2.36. The van der Waals surface area contributed by atoms with Crippen molar-refractivity contribution in [3.63, 3.8) is 0 Å². The summed E-state index contributed by atoms with van der Waals surface area (Å²) in [6.07, 6.45) is 1.02. The molecule has 0 spiro atoms. The van der Waals surface area contributed by atoms with Gasteiger partial charge in [0, 0.05) is 31.1 Å². The number of nitrogens with two attached hydrogens (primary N) is 1. The average molecular weight is 235 g/mol. The van der Waals surface area contributed by atoms with Crippen molar-refractivity contribution in [3.05, 3.63) is 29.3 Å². The van der Waals surface area contributed by atoms with E-state index in [2.05, 4.69) is 26.0 Å². The van der Waals surface area contributed by atoms with Crippen LogP contribution in [0.15, 0.2) is 18.2 Å². The number of hydrogen-bond acceptors (Lipinski definition) is 3. The summed E-state index contributed by atoms with van der Waals surface area (Å²) in [5.74, 6) is 1.29. The lowest BCUT2D eigenvalue weighted by Crippen LogP contribution is -2.35. The van der Waals surface area contributed by atoms with E-state index in [0.29, 0.717) is 12.5 Å². The molecule has 3 atom stereocenters. The zero-order chi connectivity index (χ0) is 12.4. The minimum Gasteiger partial charge on any atom is -0.490 e. The summed E-state index contributed by atoms with van der Waals surface area (Å²) < 4.78 is 11.2. The van der Waals surface area contributed by atoms with E-state index in [1.54, 1.807) is 7.11 Å². The van der Waals surface area contributed by atoms with Crippen LogP contribution < -0.4 is 10.5 Å². The Kier molecular flexibility index (Phi) is 3.69. The van der Waals surface area contributed by atoms with Crippen molar-refractivity contribution >= 4 is 0 Å². The lowest BCUT2D eigenvalue weighted by Gasteiger charge is -2.33. The van der Waals surface area contributed by atoms with Gasteiger partial charge >= 0.3 is 0 Å². The van der Waals surface area contributed by atoms with Crippen LogP contribution in [0.2, 0.25) is 0 Å². The molecular weight excluding hydrogens is 214 g/mol. The molecule has 1 heterocycles. The highest BCUT2D eigenvalue weighted by Gasteiger charge is 2.29. The lowest BCUT2D eigenvalue weighted by molar-refractivity contribution is 0.0538. The molecule has 1 aliphatic heterocycles. The first kappa shape index (κ1) is 12.4. The molecule has 94 valence electrons. The highest BCUT2D eigenvalue weighted by molar-refractivity contribution is 5.40. The van der Waals surface area contributed by atoms with Crippen molar-refractivity contribution in [3.8, 4) is 5.75 Å². The van der Waals surface area contributed by atoms with Gasteiger partial charge < -0.3 is 15.2 Å². The summed E-state index contributed by atoms with van der Waals surface area (Å²) in [4.78, 5) is 0. The van der Waals surface area contributed by atoms with Crippen LogP contribution in [0.3, 0.4) is 0 Å². The Balaban J connectivity index is 2.18. The van der Waals surface area contributed by atoms with Crippen molar-refractivity contribution in [2.45, 2.75) is 32.4 Å². The van der Waals surface area contributed by atoms with E-state index >= 15 is 0 Å². The van der Waals surface area contributed by atoms with E-state index in [-0.39, 0.29) is 12.1 Å². The Bertz CT molecular complexity index is 392. The monoisotopic (exact) mass is 235 g/mol. The fourth-order valence-electron chi connectivity index (χ4n) is 2.37. The van der Waals surface area contributed by atoms with Gasteiger partial charge in [0.2, 0.25) is 0 Å². The zero-order valence-corrected chi connectivity index (χ0v) is 10.8. The zero-order valence-electron chi connectivity index (χ0n) is 10.8. The summed E-state index contributed by atoms with van der Waals surface area (Å²) >= 11 is 0. The summed E-state index contributed by atoms with van der Waals surface area (Å²) in [6, 6.07) is 6.28. The lowest BCUT2D eigenvalue weighted by atomic mass is 9.91. The van der Waals surface area contributed by atoms with Gasteiger partial charge in [0.05, 0.1) is 6.61 Å². The first-order chi connectivity index (χ1) is 8.11. The predicted molar refractivity (Wildman–Crippen MR) is 68.2 cm³/mol. The minimum absolute atomic E-state index is 0.0722. The maximum Gasteiger partial charge on any atom is 0.124 e. The van der Waals surface area contributed by atoms with Crippen LogP contribution in [-0.2, 0) is 4.74 Å². The molecule has 1 aliphatic rings. The van der Waals surface area contributed by atoms with Gasteiger partial charge in [-0.25, -0.2) is 0 Å². The Morgan fingerprint density at radius 2 is 2.29 bits per heavy atom. The molecule has 0 saturated carbocycles. The van der Waals surface area contributed by atoms with Gasteiger partial charge in [0.1, 0.15) is 11.9 Å². The standard InChI is InChI=1S/C14H21NO2/c1-9-4-5-13-11(6-9)12(15)7-14(17-13)10(2)8-16-3/h4-6,10,12,14H,7-8,15H2,1-3H3/t10?,12-,14?/m1/s1. The topological polar surface area (TPSA) is 44.5 Å². The van der Waals surface area contributed by atoms with E-state index in [9.17, 15) is 0 Å². The largest absolute Gasteiger partial charge is 0.490 e. The van der Waals surface area contributed by atoms with Crippen LogP contribution in [0, 0.1) is 12.8 Å². The molecule has 17 heavy (non-hydrogen) atoms. The second kappa shape index (κ2) is 5.07. The molecular formula is C14H21NO2. The third kappa shape index (κ3) is 2.61. The molecule has 0 bridgehead atoms. The van der Waals surface area contributed by atoms with Crippen molar-refractivity contribution < 1.29 is 9.47 Å². The number of benzene rings is 1. The quantitative estimate of drug-likeness (QED) is 0.875. The molecule has 1 aromatic carbocycles. The number of fused-ring (bicyclic) bond motifs is 1. The fraction of sp³-hybridized carbons (Fsp3) is 0.571. The third-order valence-corrected chi connectivity index (χ3v) is 3.39. The molecule has 3 nitrogen and oxygen atoms in total. The van der Waals surface area contributed by atoms with Gasteiger partial charge in [0.25, 0.3) is 0 Å². The van der Waals surface area contributed by atoms with E-state index in [1.807, 2.05) is 6.07 Å². The first-order valence-electron chi connectivity index (χ1n) is 6.13. The molecule has 2 unspecified atom stereocenters. The molecule has 0 aromatic heterocycles. The van der Waals surface area contributed by atoms with Crippen LogP contribution in [0.5, 0.6) is 5.75 Å². The second-order valence-corrected chi connectivity index (χ2v) is 4.97. The molecule has 0 fully saturated rings. The van der Waals surface area contributed by atoms with E-state index < -0.39 is 0 Å².